The summed E-state index contributed by atoms with van der Waals surface area (Å²) >= 11 is 0. The largest absolute Gasteiger partial charge is 0.514 e. The van der Waals surface area contributed by atoms with Gasteiger partial charge < -0.3 is 18.9 Å². The number of hydrogen-bond donors (Lipinski definition) is 0. The van der Waals surface area contributed by atoms with E-state index in [9.17, 15) is 9.59 Å². The molecule has 0 spiro atoms. The molecule has 152 valence electrons. The van der Waals surface area contributed by atoms with E-state index in [-0.39, 0.29) is 12.2 Å². The second kappa shape index (κ2) is 9.44. The molecule has 0 radical (unpaired) electrons. The van der Waals surface area contributed by atoms with Crippen LogP contribution in [0, 0.1) is 0 Å². The van der Waals surface area contributed by atoms with Gasteiger partial charge in [-0.05, 0) is 63.8 Å². The van der Waals surface area contributed by atoms with Crippen LogP contribution in [-0.4, -0.2) is 24.5 Å². The first-order chi connectivity index (χ1) is 13.2. The lowest BCUT2D eigenvalue weighted by molar-refractivity contribution is 0.0711. The van der Waals surface area contributed by atoms with Gasteiger partial charge >= 0.3 is 12.3 Å². The van der Waals surface area contributed by atoms with Crippen LogP contribution in [0.25, 0.3) is 10.8 Å². The van der Waals surface area contributed by atoms with Gasteiger partial charge in [-0.15, -0.1) is 0 Å². The van der Waals surface area contributed by atoms with Crippen LogP contribution in [0.1, 0.15) is 52.7 Å². The maximum Gasteiger partial charge on any atom is 0.514 e. The molecule has 0 saturated heterocycles. The van der Waals surface area contributed by atoms with Crippen molar-refractivity contribution in [1.29, 1.82) is 0 Å². The number of hydrogen-bond acceptors (Lipinski definition) is 6. The number of aryl methyl sites for hydroxylation is 2. The molecule has 2 aromatic carbocycles. The zero-order valence-electron chi connectivity index (χ0n) is 17.3. The van der Waals surface area contributed by atoms with Crippen molar-refractivity contribution in [3.05, 3.63) is 35.4 Å². The highest BCUT2D eigenvalue weighted by Crippen LogP contribution is 2.38. The average molecular weight is 388 g/mol. The third-order valence-corrected chi connectivity index (χ3v) is 4.02. The lowest BCUT2D eigenvalue weighted by Crippen LogP contribution is -2.17. The van der Waals surface area contributed by atoms with Crippen LogP contribution in [-0.2, 0) is 22.3 Å². The van der Waals surface area contributed by atoms with Crippen LogP contribution >= 0.6 is 0 Å². The molecule has 0 bridgehead atoms. The average Bonchev–Trinajstić information content (AvgIpc) is 2.61. The summed E-state index contributed by atoms with van der Waals surface area (Å²) in [4.78, 5) is 24.1. The molecule has 2 aromatic rings. The van der Waals surface area contributed by atoms with Crippen molar-refractivity contribution in [2.45, 2.75) is 66.6 Å². The highest BCUT2D eigenvalue weighted by atomic mass is 16.7. The van der Waals surface area contributed by atoms with Crippen molar-refractivity contribution in [2.24, 2.45) is 0 Å². The van der Waals surface area contributed by atoms with Gasteiger partial charge in [-0.1, -0.05) is 26.0 Å². The topological polar surface area (TPSA) is 71.1 Å². The Hall–Kier alpha value is -2.76. The maximum absolute atomic E-state index is 12.1. The fourth-order valence-corrected chi connectivity index (χ4v) is 2.76. The molecule has 0 saturated carbocycles. The molecule has 2 rings (SSSR count). The van der Waals surface area contributed by atoms with Crippen molar-refractivity contribution in [3.63, 3.8) is 0 Å². The van der Waals surface area contributed by atoms with Crippen LogP contribution in [0.3, 0.4) is 0 Å². The molecule has 0 aromatic heterocycles. The fourth-order valence-electron chi connectivity index (χ4n) is 2.76. The Morgan fingerprint density at radius 1 is 0.821 bits per heavy atom. The normalized spacial score (nSPS) is 11.0. The second-order valence-electron chi connectivity index (χ2n) is 6.99. The van der Waals surface area contributed by atoms with E-state index in [4.69, 9.17) is 18.9 Å². The standard InChI is InChI=1S/C22H28O6/c1-7-15-9-10-17-18(11-15)20(28-22(24)26-14(5)6)16(8-2)12-19(17)27-21(23)25-13(3)4/h9-14H,7-8H2,1-6H3. The Morgan fingerprint density at radius 3 is 1.96 bits per heavy atom. The Labute approximate surface area is 165 Å². The first-order valence-electron chi connectivity index (χ1n) is 9.60. The molecular formula is C22H28O6. The molecule has 0 atom stereocenters. The van der Waals surface area contributed by atoms with Gasteiger partial charge in [0.2, 0.25) is 0 Å². The maximum atomic E-state index is 12.1. The molecule has 6 heteroatoms. The highest BCUT2D eigenvalue weighted by molar-refractivity contribution is 5.97. The number of carbonyl (C=O) groups is 2. The van der Waals surface area contributed by atoms with E-state index in [2.05, 4.69) is 0 Å². The summed E-state index contributed by atoms with van der Waals surface area (Å²) in [5, 5.41) is 1.34. The van der Waals surface area contributed by atoms with E-state index in [1.807, 2.05) is 32.0 Å². The molecule has 6 nitrogen and oxygen atoms in total. The first-order valence-corrected chi connectivity index (χ1v) is 9.60. The van der Waals surface area contributed by atoms with E-state index in [0.717, 1.165) is 17.5 Å². The van der Waals surface area contributed by atoms with Gasteiger partial charge in [0.15, 0.2) is 0 Å². The molecular weight excluding hydrogens is 360 g/mol. The summed E-state index contributed by atoms with van der Waals surface area (Å²) in [5.74, 6) is 0.785. The monoisotopic (exact) mass is 388 g/mol. The zero-order valence-corrected chi connectivity index (χ0v) is 17.3. The van der Waals surface area contributed by atoms with Crippen LogP contribution in [0.5, 0.6) is 11.5 Å². The zero-order chi connectivity index (χ0) is 20.8. The molecule has 0 aliphatic heterocycles. The molecule has 0 aliphatic carbocycles. The summed E-state index contributed by atoms with van der Waals surface area (Å²) in [5.41, 5.74) is 1.80. The van der Waals surface area contributed by atoms with Gasteiger partial charge in [-0.3, -0.25) is 0 Å². The summed E-state index contributed by atoms with van der Waals surface area (Å²) in [6, 6.07) is 7.44. The van der Waals surface area contributed by atoms with Gasteiger partial charge in [-0.2, -0.15) is 0 Å². The van der Waals surface area contributed by atoms with Gasteiger partial charge in [0.1, 0.15) is 11.5 Å². The van der Waals surface area contributed by atoms with Crippen molar-refractivity contribution in [3.8, 4) is 11.5 Å². The molecule has 28 heavy (non-hydrogen) atoms. The summed E-state index contributed by atoms with van der Waals surface area (Å²) in [6.45, 7) is 11.0. The van der Waals surface area contributed by atoms with Crippen molar-refractivity contribution >= 4 is 23.1 Å². The first kappa shape index (κ1) is 21.5. The number of rotatable bonds is 6. The molecule has 0 unspecified atom stereocenters. The van der Waals surface area contributed by atoms with Gasteiger partial charge in [0.25, 0.3) is 0 Å². The van der Waals surface area contributed by atoms with Gasteiger partial charge in [0, 0.05) is 10.8 Å². The number of fused-ring (bicyclic) bond motifs is 1. The number of benzene rings is 2. The van der Waals surface area contributed by atoms with E-state index in [1.165, 1.54) is 0 Å². The van der Waals surface area contributed by atoms with Crippen molar-refractivity contribution in [1.82, 2.24) is 0 Å². The lowest BCUT2D eigenvalue weighted by Gasteiger charge is -2.17. The van der Waals surface area contributed by atoms with Crippen LogP contribution in [0.15, 0.2) is 24.3 Å². The second-order valence-corrected chi connectivity index (χ2v) is 6.99. The Morgan fingerprint density at radius 2 is 1.43 bits per heavy atom. The third kappa shape index (κ3) is 5.38. The molecule has 0 amide bonds. The molecule has 0 aliphatic rings. The molecule has 0 N–H and O–H groups in total. The van der Waals surface area contributed by atoms with E-state index < -0.39 is 12.3 Å². The number of carbonyl (C=O) groups excluding carboxylic acids is 2. The van der Waals surface area contributed by atoms with Gasteiger partial charge in [-0.25, -0.2) is 9.59 Å². The summed E-state index contributed by atoms with van der Waals surface area (Å²) in [6.07, 6.45) is -0.723. The Kier molecular flexibility index (Phi) is 7.26. The minimum absolute atomic E-state index is 0.287. The predicted octanol–water partition coefficient (Wildman–Crippen LogP) is 5.81. The number of ether oxygens (including phenoxy) is 4. The minimum Gasteiger partial charge on any atom is -0.431 e. The van der Waals surface area contributed by atoms with Crippen LogP contribution in [0.4, 0.5) is 9.59 Å². The Balaban J connectivity index is 2.57. The van der Waals surface area contributed by atoms with Crippen LogP contribution in [0.2, 0.25) is 0 Å². The highest BCUT2D eigenvalue weighted by Gasteiger charge is 2.20. The molecule has 0 fully saturated rings. The summed E-state index contributed by atoms with van der Waals surface area (Å²) in [7, 11) is 0. The fraction of sp³-hybridized carbons (Fsp3) is 0.455. The quantitative estimate of drug-likeness (QED) is 0.459. The van der Waals surface area contributed by atoms with E-state index >= 15 is 0 Å². The predicted molar refractivity (Wildman–Crippen MR) is 107 cm³/mol. The smallest absolute Gasteiger partial charge is 0.431 e. The van der Waals surface area contributed by atoms with E-state index in [0.29, 0.717) is 28.7 Å². The third-order valence-electron chi connectivity index (χ3n) is 4.02. The van der Waals surface area contributed by atoms with Crippen molar-refractivity contribution < 1.29 is 28.5 Å². The van der Waals surface area contributed by atoms with Gasteiger partial charge in [0.05, 0.1) is 12.2 Å². The SMILES string of the molecule is CCc1ccc2c(OC(=O)OC(C)C)cc(CC)c(OC(=O)OC(C)C)c2c1. The summed E-state index contributed by atoms with van der Waals surface area (Å²) < 4.78 is 21.2. The van der Waals surface area contributed by atoms with Crippen LogP contribution < -0.4 is 9.47 Å². The minimum atomic E-state index is -0.772. The Bertz CT molecular complexity index is 854. The molecule has 0 heterocycles. The van der Waals surface area contributed by atoms with E-state index in [1.54, 1.807) is 33.8 Å². The van der Waals surface area contributed by atoms with Crippen molar-refractivity contribution in [2.75, 3.05) is 0 Å². The lowest BCUT2D eigenvalue weighted by atomic mass is 9.99.